The number of carbonyl (C=O) groups is 1. The molecule has 1 heterocycles. The zero-order chi connectivity index (χ0) is 15.7. The molecule has 1 unspecified atom stereocenters. The molecule has 1 amide bonds. The van der Waals surface area contributed by atoms with Crippen molar-refractivity contribution in [2.24, 2.45) is 5.73 Å². The first-order valence-electron chi connectivity index (χ1n) is 8.02. The number of piperidine rings is 1. The first kappa shape index (κ1) is 15.3. The number of carbonyl (C=O) groups excluding carboxylic acids is 1. The average molecular weight is 303 g/mol. The highest BCUT2D eigenvalue weighted by molar-refractivity contribution is 5.89. The van der Waals surface area contributed by atoms with Gasteiger partial charge in [-0.2, -0.15) is 0 Å². The van der Waals surface area contributed by atoms with Crippen molar-refractivity contribution in [3.8, 4) is 5.75 Å². The van der Waals surface area contributed by atoms with E-state index in [1.165, 1.54) is 0 Å². The van der Waals surface area contributed by atoms with Crippen molar-refractivity contribution in [2.75, 3.05) is 27.2 Å². The minimum atomic E-state index is -0.893. The predicted octanol–water partition coefficient (Wildman–Crippen LogP) is 1.01. The normalized spacial score (nSPS) is 25.1. The average Bonchev–Trinajstić information content (AvgIpc) is 2.93. The summed E-state index contributed by atoms with van der Waals surface area (Å²) in [4.78, 5) is 15.0. The number of benzene rings is 1. The van der Waals surface area contributed by atoms with Gasteiger partial charge in [-0.25, -0.2) is 0 Å². The maximum atomic E-state index is 13.0. The Labute approximate surface area is 131 Å². The van der Waals surface area contributed by atoms with E-state index in [4.69, 9.17) is 10.5 Å². The van der Waals surface area contributed by atoms with E-state index in [1.54, 1.807) is 7.11 Å². The van der Waals surface area contributed by atoms with Crippen LogP contribution in [0.5, 0.6) is 5.75 Å². The van der Waals surface area contributed by atoms with Gasteiger partial charge in [0.2, 0.25) is 5.91 Å². The van der Waals surface area contributed by atoms with Crippen LogP contribution in [0.4, 0.5) is 0 Å². The van der Waals surface area contributed by atoms with E-state index in [0.717, 1.165) is 49.2 Å². The molecule has 0 spiro atoms. The summed E-state index contributed by atoms with van der Waals surface area (Å²) in [7, 11) is 3.64. The second kappa shape index (κ2) is 5.89. The summed E-state index contributed by atoms with van der Waals surface area (Å²) in [5, 5.41) is 3.29. The number of nitrogens with zero attached hydrogens (tertiary/aromatic N) is 1. The second-order valence-electron chi connectivity index (χ2n) is 6.31. The number of rotatable bonds is 3. The van der Waals surface area contributed by atoms with E-state index in [0.29, 0.717) is 12.5 Å². The minimum absolute atomic E-state index is 0.0639. The van der Waals surface area contributed by atoms with E-state index in [-0.39, 0.29) is 5.91 Å². The topological polar surface area (TPSA) is 67.6 Å². The Bertz CT molecular complexity index is 567. The van der Waals surface area contributed by atoms with E-state index in [9.17, 15) is 4.79 Å². The van der Waals surface area contributed by atoms with Gasteiger partial charge >= 0.3 is 0 Å². The largest absolute Gasteiger partial charge is 0.496 e. The third kappa shape index (κ3) is 2.38. The number of ether oxygens (including phenoxy) is 1. The third-order valence-corrected chi connectivity index (χ3v) is 5.17. The first-order valence-corrected chi connectivity index (χ1v) is 8.02. The van der Waals surface area contributed by atoms with Gasteiger partial charge in [-0.05, 0) is 49.9 Å². The molecule has 5 heteroatoms. The molecule has 3 N–H and O–H groups in total. The summed E-state index contributed by atoms with van der Waals surface area (Å²) in [5.74, 6) is 0.903. The summed E-state index contributed by atoms with van der Waals surface area (Å²) >= 11 is 0. The molecule has 1 aromatic rings. The quantitative estimate of drug-likeness (QED) is 0.874. The molecule has 0 saturated carbocycles. The van der Waals surface area contributed by atoms with Gasteiger partial charge in [0.25, 0.3) is 0 Å². The van der Waals surface area contributed by atoms with Crippen molar-refractivity contribution in [2.45, 2.75) is 37.3 Å². The number of amides is 1. The molecule has 2 aliphatic rings. The molecule has 1 aliphatic carbocycles. The molecule has 1 aliphatic heterocycles. The van der Waals surface area contributed by atoms with Crippen LogP contribution in [0.3, 0.4) is 0 Å². The van der Waals surface area contributed by atoms with Crippen molar-refractivity contribution in [1.29, 1.82) is 0 Å². The fourth-order valence-corrected chi connectivity index (χ4v) is 3.77. The maximum Gasteiger partial charge on any atom is 0.247 e. The molecule has 1 atom stereocenters. The van der Waals surface area contributed by atoms with E-state index in [2.05, 4.69) is 5.32 Å². The molecule has 1 aromatic carbocycles. The highest BCUT2D eigenvalue weighted by Crippen LogP contribution is 2.41. The summed E-state index contributed by atoms with van der Waals surface area (Å²) in [6.45, 7) is 1.56. The molecule has 3 rings (SSSR count). The molecule has 5 nitrogen and oxygen atoms in total. The fourth-order valence-electron chi connectivity index (χ4n) is 3.77. The van der Waals surface area contributed by atoms with Crippen molar-refractivity contribution in [3.05, 3.63) is 29.3 Å². The lowest BCUT2D eigenvalue weighted by atomic mass is 9.90. The maximum absolute atomic E-state index is 13.0. The van der Waals surface area contributed by atoms with Gasteiger partial charge in [0.1, 0.15) is 11.3 Å². The number of likely N-dealkylation sites (tertiary alicyclic amines) is 1. The van der Waals surface area contributed by atoms with Crippen LogP contribution in [0.2, 0.25) is 0 Å². The number of fused-ring (bicyclic) bond motifs is 1. The minimum Gasteiger partial charge on any atom is -0.496 e. The lowest BCUT2D eigenvalue weighted by Crippen LogP contribution is -2.54. The molecule has 0 aromatic heterocycles. The van der Waals surface area contributed by atoms with E-state index >= 15 is 0 Å². The van der Waals surface area contributed by atoms with Crippen LogP contribution in [0, 0.1) is 0 Å². The smallest absolute Gasteiger partial charge is 0.247 e. The van der Waals surface area contributed by atoms with Gasteiger partial charge in [-0.3, -0.25) is 4.79 Å². The zero-order valence-corrected chi connectivity index (χ0v) is 13.4. The monoisotopic (exact) mass is 303 g/mol. The van der Waals surface area contributed by atoms with Crippen molar-refractivity contribution >= 4 is 5.91 Å². The Morgan fingerprint density at radius 2 is 2.14 bits per heavy atom. The Hall–Kier alpha value is -1.59. The Balaban J connectivity index is 1.83. The summed E-state index contributed by atoms with van der Waals surface area (Å²) in [6.07, 6.45) is 3.44. The summed E-state index contributed by atoms with van der Waals surface area (Å²) < 4.78 is 5.42. The van der Waals surface area contributed by atoms with Crippen LogP contribution in [-0.2, 0) is 16.8 Å². The molecule has 120 valence electrons. The lowest BCUT2D eigenvalue weighted by Gasteiger charge is -2.37. The van der Waals surface area contributed by atoms with Gasteiger partial charge in [0, 0.05) is 19.1 Å². The van der Waals surface area contributed by atoms with Crippen LogP contribution in [-0.4, -0.2) is 44.1 Å². The molecular formula is C17H25N3O2. The van der Waals surface area contributed by atoms with Gasteiger partial charge in [0.15, 0.2) is 0 Å². The van der Waals surface area contributed by atoms with Gasteiger partial charge < -0.3 is 20.7 Å². The predicted molar refractivity (Wildman–Crippen MR) is 85.8 cm³/mol. The standard InChI is InChI=1S/C17H25N3O2/c1-19-12-7-10-20(11-8-12)16(21)17(18)9-6-13-14(17)4-3-5-15(13)22-2/h3-5,12,19H,6-11,18H2,1-2H3. The van der Waals surface area contributed by atoms with Gasteiger partial charge in [0.05, 0.1) is 7.11 Å². The summed E-state index contributed by atoms with van der Waals surface area (Å²) in [5.41, 5.74) is 7.71. The van der Waals surface area contributed by atoms with Crippen LogP contribution in [0.1, 0.15) is 30.4 Å². The highest BCUT2D eigenvalue weighted by atomic mass is 16.5. The molecular weight excluding hydrogens is 278 g/mol. The van der Waals surface area contributed by atoms with Gasteiger partial charge in [-0.1, -0.05) is 12.1 Å². The number of hydrogen-bond donors (Lipinski definition) is 2. The zero-order valence-electron chi connectivity index (χ0n) is 13.4. The van der Waals surface area contributed by atoms with Crippen molar-refractivity contribution in [3.63, 3.8) is 0 Å². The number of hydrogen-bond acceptors (Lipinski definition) is 4. The van der Waals surface area contributed by atoms with Gasteiger partial charge in [-0.15, -0.1) is 0 Å². The molecule has 22 heavy (non-hydrogen) atoms. The molecule has 0 bridgehead atoms. The molecule has 1 saturated heterocycles. The number of methoxy groups -OCH3 is 1. The lowest BCUT2D eigenvalue weighted by molar-refractivity contribution is -0.138. The van der Waals surface area contributed by atoms with Crippen molar-refractivity contribution < 1.29 is 9.53 Å². The Morgan fingerprint density at radius 1 is 1.41 bits per heavy atom. The summed E-state index contributed by atoms with van der Waals surface area (Å²) in [6, 6.07) is 6.34. The SMILES string of the molecule is CNC1CCN(C(=O)C2(N)CCc3c(OC)cccc32)CC1. The van der Waals surface area contributed by atoms with Crippen LogP contribution in [0.15, 0.2) is 18.2 Å². The van der Waals surface area contributed by atoms with E-state index in [1.807, 2.05) is 30.1 Å². The van der Waals surface area contributed by atoms with Crippen LogP contribution < -0.4 is 15.8 Å². The number of nitrogens with two attached hydrogens (primary N) is 1. The molecule has 1 fully saturated rings. The number of nitrogens with one attached hydrogen (secondary N) is 1. The second-order valence-corrected chi connectivity index (χ2v) is 6.31. The Kier molecular flexibility index (Phi) is 4.10. The third-order valence-electron chi connectivity index (χ3n) is 5.17. The molecule has 0 radical (unpaired) electrons. The fraction of sp³-hybridized carbons (Fsp3) is 0.588. The van der Waals surface area contributed by atoms with Crippen LogP contribution >= 0.6 is 0 Å². The Morgan fingerprint density at radius 3 is 2.77 bits per heavy atom. The van der Waals surface area contributed by atoms with Crippen molar-refractivity contribution in [1.82, 2.24) is 10.2 Å². The van der Waals surface area contributed by atoms with E-state index < -0.39 is 5.54 Å². The van der Waals surface area contributed by atoms with Crippen LogP contribution in [0.25, 0.3) is 0 Å². The first-order chi connectivity index (χ1) is 10.6. The highest BCUT2D eigenvalue weighted by Gasteiger charge is 2.45.